The van der Waals surface area contributed by atoms with Gasteiger partial charge in [-0.3, -0.25) is 4.79 Å². The smallest absolute Gasteiger partial charge is 0.239 e. The number of hydrogen-bond donors (Lipinski definition) is 1. The van der Waals surface area contributed by atoms with Gasteiger partial charge in [-0.2, -0.15) is 0 Å². The van der Waals surface area contributed by atoms with E-state index in [1.165, 1.54) is 35.2 Å². The molecule has 9 heteroatoms. The number of thioether (sulfide) groups is 1. The van der Waals surface area contributed by atoms with Gasteiger partial charge in [0.1, 0.15) is 5.82 Å². The maximum Gasteiger partial charge on any atom is 0.239 e. The minimum absolute atomic E-state index is 0.140. The molecular formula is C17H18FN5OS2. The summed E-state index contributed by atoms with van der Waals surface area (Å²) >= 11 is 2.72. The summed E-state index contributed by atoms with van der Waals surface area (Å²) in [6.45, 7) is 6.31. The molecule has 3 aromatic rings. The van der Waals surface area contributed by atoms with E-state index in [1.807, 2.05) is 30.7 Å². The molecule has 0 fully saturated rings. The Labute approximate surface area is 158 Å². The first-order valence-corrected chi connectivity index (χ1v) is 9.82. The molecular weight excluding hydrogens is 373 g/mol. The number of nitrogens with one attached hydrogen (secondary N) is 1. The van der Waals surface area contributed by atoms with Gasteiger partial charge in [0.15, 0.2) is 16.1 Å². The zero-order valence-electron chi connectivity index (χ0n) is 14.6. The molecule has 0 bridgehead atoms. The number of carbonyl (C=O) groups is 1. The van der Waals surface area contributed by atoms with Crippen molar-refractivity contribution in [2.75, 3.05) is 5.32 Å². The Hall–Kier alpha value is -2.26. The highest BCUT2D eigenvalue weighted by Gasteiger charge is 2.21. The van der Waals surface area contributed by atoms with Crippen molar-refractivity contribution in [1.82, 2.24) is 19.7 Å². The van der Waals surface area contributed by atoms with Gasteiger partial charge in [0.2, 0.25) is 5.91 Å². The first-order valence-electron chi connectivity index (χ1n) is 8.06. The fourth-order valence-corrected chi connectivity index (χ4v) is 3.91. The second kappa shape index (κ2) is 7.96. The molecule has 2 heterocycles. The van der Waals surface area contributed by atoms with Gasteiger partial charge in [-0.05, 0) is 45.0 Å². The zero-order chi connectivity index (χ0) is 18.7. The van der Waals surface area contributed by atoms with Gasteiger partial charge < -0.3 is 9.88 Å². The molecule has 1 aromatic carbocycles. The first-order chi connectivity index (χ1) is 12.5. The van der Waals surface area contributed by atoms with Crippen LogP contribution in [0.25, 0.3) is 11.4 Å². The molecule has 26 heavy (non-hydrogen) atoms. The van der Waals surface area contributed by atoms with Crippen molar-refractivity contribution in [2.45, 2.75) is 37.7 Å². The Kier molecular flexibility index (Phi) is 5.67. The van der Waals surface area contributed by atoms with Crippen molar-refractivity contribution >= 4 is 34.1 Å². The van der Waals surface area contributed by atoms with E-state index in [0.29, 0.717) is 22.7 Å². The number of hydrogen-bond acceptors (Lipinski definition) is 6. The average molecular weight is 391 g/mol. The summed E-state index contributed by atoms with van der Waals surface area (Å²) in [6, 6.07) is 6.12. The molecule has 0 saturated carbocycles. The molecule has 0 spiro atoms. The predicted octanol–water partition coefficient (Wildman–Crippen LogP) is 3.99. The van der Waals surface area contributed by atoms with Gasteiger partial charge in [0.05, 0.1) is 10.9 Å². The Morgan fingerprint density at radius 1 is 1.35 bits per heavy atom. The molecule has 2 aromatic heterocycles. The monoisotopic (exact) mass is 391 g/mol. The third-order valence-corrected chi connectivity index (χ3v) is 5.59. The topological polar surface area (TPSA) is 72.7 Å². The fraction of sp³-hybridized carbons (Fsp3) is 0.294. The molecule has 0 aliphatic heterocycles. The molecule has 1 N–H and O–H groups in total. The van der Waals surface area contributed by atoms with Gasteiger partial charge in [-0.25, -0.2) is 9.37 Å². The highest BCUT2D eigenvalue weighted by molar-refractivity contribution is 8.00. The highest BCUT2D eigenvalue weighted by Crippen LogP contribution is 2.27. The van der Waals surface area contributed by atoms with Crippen molar-refractivity contribution in [3.8, 4) is 11.4 Å². The number of nitrogens with zero attached hydrogens (tertiary/aromatic N) is 4. The van der Waals surface area contributed by atoms with Crippen molar-refractivity contribution < 1.29 is 9.18 Å². The van der Waals surface area contributed by atoms with Gasteiger partial charge in [-0.1, -0.05) is 11.8 Å². The van der Waals surface area contributed by atoms with Crippen LogP contribution in [0.1, 0.15) is 19.5 Å². The first kappa shape index (κ1) is 18.5. The van der Waals surface area contributed by atoms with E-state index in [9.17, 15) is 9.18 Å². The summed E-state index contributed by atoms with van der Waals surface area (Å²) in [5.41, 5.74) is 1.66. The van der Waals surface area contributed by atoms with Crippen LogP contribution in [0.3, 0.4) is 0 Å². The van der Waals surface area contributed by atoms with E-state index in [4.69, 9.17) is 0 Å². The Morgan fingerprint density at radius 2 is 2.08 bits per heavy atom. The summed E-state index contributed by atoms with van der Waals surface area (Å²) in [5, 5.41) is 14.0. The number of thiazole rings is 1. The second-order valence-electron chi connectivity index (χ2n) is 5.60. The molecule has 1 atom stereocenters. The number of aromatic nitrogens is 4. The Morgan fingerprint density at radius 3 is 2.69 bits per heavy atom. The van der Waals surface area contributed by atoms with E-state index in [1.54, 1.807) is 12.1 Å². The van der Waals surface area contributed by atoms with Crippen molar-refractivity contribution in [3.05, 3.63) is 41.2 Å². The molecule has 0 aliphatic rings. The van der Waals surface area contributed by atoms with Crippen LogP contribution < -0.4 is 5.32 Å². The lowest BCUT2D eigenvalue weighted by atomic mass is 10.2. The van der Waals surface area contributed by atoms with Gasteiger partial charge >= 0.3 is 0 Å². The molecule has 0 aliphatic carbocycles. The van der Waals surface area contributed by atoms with E-state index < -0.39 is 0 Å². The molecule has 0 unspecified atom stereocenters. The maximum absolute atomic E-state index is 13.1. The minimum Gasteiger partial charge on any atom is -0.302 e. The van der Waals surface area contributed by atoms with Gasteiger partial charge in [0.25, 0.3) is 0 Å². The third-order valence-electron chi connectivity index (χ3n) is 3.64. The minimum atomic E-state index is -0.366. The summed E-state index contributed by atoms with van der Waals surface area (Å²) in [5.74, 6) is 0.213. The van der Waals surface area contributed by atoms with Crippen molar-refractivity contribution in [3.63, 3.8) is 0 Å². The van der Waals surface area contributed by atoms with Crippen LogP contribution in [0, 0.1) is 12.7 Å². The summed E-state index contributed by atoms with van der Waals surface area (Å²) < 4.78 is 15.0. The average Bonchev–Trinajstić information content (AvgIpc) is 3.21. The largest absolute Gasteiger partial charge is 0.302 e. The summed E-state index contributed by atoms with van der Waals surface area (Å²) in [4.78, 5) is 16.6. The van der Waals surface area contributed by atoms with Crippen LogP contribution in [0.2, 0.25) is 0 Å². The second-order valence-corrected chi connectivity index (χ2v) is 7.77. The quantitative estimate of drug-likeness (QED) is 0.643. The number of aryl methyl sites for hydroxylation is 1. The number of carbonyl (C=O) groups excluding carboxylic acids is 1. The van der Waals surface area contributed by atoms with E-state index in [2.05, 4.69) is 20.5 Å². The molecule has 0 radical (unpaired) electrons. The number of halogens is 1. The summed E-state index contributed by atoms with van der Waals surface area (Å²) in [6.07, 6.45) is 0. The lowest BCUT2D eigenvalue weighted by Crippen LogP contribution is -2.22. The van der Waals surface area contributed by atoms with E-state index in [-0.39, 0.29) is 17.0 Å². The van der Waals surface area contributed by atoms with E-state index in [0.717, 1.165) is 11.3 Å². The van der Waals surface area contributed by atoms with Gasteiger partial charge in [-0.15, -0.1) is 21.5 Å². The number of amides is 1. The molecule has 3 rings (SSSR count). The number of anilines is 1. The predicted molar refractivity (Wildman–Crippen MR) is 102 cm³/mol. The zero-order valence-corrected chi connectivity index (χ0v) is 16.2. The molecule has 136 valence electrons. The fourth-order valence-electron chi connectivity index (χ4n) is 2.30. The molecule has 6 nitrogen and oxygen atoms in total. The van der Waals surface area contributed by atoms with Crippen LogP contribution in [0.5, 0.6) is 0 Å². The lowest BCUT2D eigenvalue weighted by molar-refractivity contribution is -0.115. The lowest BCUT2D eigenvalue weighted by Gasteiger charge is -2.11. The number of benzene rings is 1. The SMILES string of the molecule is CCn1c(S[C@@H](C)C(=O)Nc2nc(C)cs2)nnc1-c1ccc(F)cc1. The highest BCUT2D eigenvalue weighted by atomic mass is 32.2. The maximum atomic E-state index is 13.1. The van der Waals surface area contributed by atoms with Crippen molar-refractivity contribution in [2.24, 2.45) is 0 Å². The Bertz CT molecular complexity index is 906. The van der Waals surface area contributed by atoms with Crippen LogP contribution in [-0.4, -0.2) is 30.9 Å². The Balaban J connectivity index is 1.75. The summed E-state index contributed by atoms with van der Waals surface area (Å²) in [7, 11) is 0. The van der Waals surface area contributed by atoms with E-state index >= 15 is 0 Å². The standard InChI is InChI=1S/C17H18FN5OS2/c1-4-23-14(12-5-7-13(18)8-6-12)21-22-17(23)26-11(3)15(24)20-16-19-10(2)9-25-16/h5-9,11H,4H2,1-3H3,(H,19,20,24)/t11-/m0/s1. The van der Waals surface area contributed by atoms with Crippen molar-refractivity contribution in [1.29, 1.82) is 0 Å². The van der Waals surface area contributed by atoms with Gasteiger partial charge in [0, 0.05) is 17.5 Å². The molecule has 0 saturated heterocycles. The van der Waals surface area contributed by atoms with Crippen LogP contribution >= 0.6 is 23.1 Å². The number of rotatable bonds is 6. The van der Waals surface area contributed by atoms with Crippen LogP contribution in [-0.2, 0) is 11.3 Å². The third kappa shape index (κ3) is 4.10. The van der Waals surface area contributed by atoms with Crippen LogP contribution in [0.4, 0.5) is 9.52 Å². The molecule has 1 amide bonds. The van der Waals surface area contributed by atoms with Crippen LogP contribution in [0.15, 0.2) is 34.8 Å². The normalized spacial score (nSPS) is 12.2.